The lowest BCUT2D eigenvalue weighted by molar-refractivity contribution is -0.116. The summed E-state index contributed by atoms with van der Waals surface area (Å²) in [7, 11) is 1.53. The number of carbonyl (C=O) groups excluding carboxylic acids is 2. The fourth-order valence-corrected chi connectivity index (χ4v) is 2.16. The maximum Gasteiger partial charge on any atom is 0.339 e. The van der Waals surface area contributed by atoms with Crippen LogP contribution in [0.3, 0.4) is 0 Å². The van der Waals surface area contributed by atoms with E-state index >= 15 is 0 Å². The molecule has 7 nitrogen and oxygen atoms in total. The smallest absolute Gasteiger partial charge is 0.339 e. The molecule has 130 valence electrons. The number of methoxy groups -OCH3 is 1. The average Bonchev–Trinajstić information content (AvgIpc) is 2.59. The predicted octanol–water partition coefficient (Wildman–Crippen LogP) is 2.70. The monoisotopic (exact) mass is 343 g/mol. The number of nitrogens with one attached hydrogen (secondary N) is 1. The number of rotatable bonds is 7. The molecule has 0 aliphatic rings. The zero-order valence-electron chi connectivity index (χ0n) is 13.5. The number of anilines is 1. The van der Waals surface area contributed by atoms with Crippen molar-refractivity contribution in [1.82, 2.24) is 0 Å². The van der Waals surface area contributed by atoms with Crippen LogP contribution in [0.15, 0.2) is 42.5 Å². The van der Waals surface area contributed by atoms with E-state index in [2.05, 4.69) is 5.32 Å². The molecule has 0 fully saturated rings. The fraction of sp³-hybridized carbons (Fsp3) is 0.167. The Labute approximate surface area is 143 Å². The number of carbonyl (C=O) groups is 3. The number of ether oxygens (including phenoxy) is 1. The van der Waals surface area contributed by atoms with E-state index in [0.29, 0.717) is 11.3 Å². The Bertz CT molecular complexity index is 798. The molecule has 2 aromatic carbocycles. The van der Waals surface area contributed by atoms with Crippen LogP contribution in [0.25, 0.3) is 0 Å². The molecular weight excluding hydrogens is 326 g/mol. The van der Waals surface area contributed by atoms with Crippen molar-refractivity contribution in [3.8, 4) is 11.5 Å². The lowest BCUT2D eigenvalue weighted by Gasteiger charge is -2.07. The number of ketones is 1. The van der Waals surface area contributed by atoms with Gasteiger partial charge < -0.3 is 20.3 Å². The van der Waals surface area contributed by atoms with Gasteiger partial charge in [-0.15, -0.1) is 0 Å². The topological polar surface area (TPSA) is 113 Å². The summed E-state index contributed by atoms with van der Waals surface area (Å²) in [5.74, 6) is -1.66. The first kappa shape index (κ1) is 18.0. The van der Waals surface area contributed by atoms with Gasteiger partial charge in [-0.2, -0.15) is 0 Å². The molecule has 0 aliphatic heterocycles. The first-order valence-electron chi connectivity index (χ1n) is 7.44. The van der Waals surface area contributed by atoms with Crippen LogP contribution in [0.2, 0.25) is 0 Å². The van der Waals surface area contributed by atoms with Gasteiger partial charge in [0.2, 0.25) is 5.91 Å². The van der Waals surface area contributed by atoms with Gasteiger partial charge in [-0.1, -0.05) is 0 Å². The highest BCUT2D eigenvalue weighted by molar-refractivity contribution is 6.00. The second-order valence-electron chi connectivity index (χ2n) is 5.24. The molecule has 25 heavy (non-hydrogen) atoms. The minimum absolute atomic E-state index is 0.0252. The maximum absolute atomic E-state index is 12.0. The summed E-state index contributed by atoms with van der Waals surface area (Å²) in [4.78, 5) is 34.8. The number of hydrogen-bond donors (Lipinski definition) is 3. The van der Waals surface area contributed by atoms with Crippen LogP contribution in [0.4, 0.5) is 5.69 Å². The number of aromatic hydroxyl groups is 1. The summed E-state index contributed by atoms with van der Waals surface area (Å²) in [5.41, 5.74) is 0.481. The Balaban J connectivity index is 1.90. The number of carboxylic acids is 1. The van der Waals surface area contributed by atoms with E-state index in [4.69, 9.17) is 9.84 Å². The molecule has 2 rings (SSSR count). The Kier molecular flexibility index (Phi) is 5.73. The van der Waals surface area contributed by atoms with Crippen molar-refractivity contribution in [2.75, 3.05) is 12.4 Å². The Morgan fingerprint density at radius 2 is 1.72 bits per heavy atom. The molecular formula is C18H17NO6. The number of hydrogen-bond acceptors (Lipinski definition) is 5. The van der Waals surface area contributed by atoms with Crippen LogP contribution in [0.5, 0.6) is 11.5 Å². The van der Waals surface area contributed by atoms with E-state index in [9.17, 15) is 19.5 Å². The highest BCUT2D eigenvalue weighted by atomic mass is 16.5. The van der Waals surface area contributed by atoms with Crippen molar-refractivity contribution in [2.24, 2.45) is 0 Å². The average molecular weight is 343 g/mol. The molecule has 0 spiro atoms. The molecule has 0 heterocycles. The molecule has 0 aliphatic carbocycles. The summed E-state index contributed by atoms with van der Waals surface area (Å²) in [6.07, 6.45) is -0.0103. The predicted molar refractivity (Wildman–Crippen MR) is 90.3 cm³/mol. The Morgan fingerprint density at radius 3 is 2.28 bits per heavy atom. The minimum Gasteiger partial charge on any atom is -0.507 e. The van der Waals surface area contributed by atoms with E-state index < -0.39 is 17.6 Å². The third-order valence-electron chi connectivity index (χ3n) is 3.50. The van der Waals surface area contributed by atoms with Crippen LogP contribution in [0, 0.1) is 0 Å². The van der Waals surface area contributed by atoms with Gasteiger partial charge in [-0.25, -0.2) is 4.79 Å². The number of aromatic carboxylic acids is 1. The van der Waals surface area contributed by atoms with E-state index in [1.54, 1.807) is 24.3 Å². The largest absolute Gasteiger partial charge is 0.507 e. The molecule has 0 unspecified atom stereocenters. The van der Waals surface area contributed by atoms with E-state index in [0.717, 1.165) is 6.07 Å². The molecule has 0 radical (unpaired) electrons. The molecule has 0 saturated carbocycles. The van der Waals surface area contributed by atoms with Crippen LogP contribution in [-0.4, -0.2) is 35.0 Å². The van der Waals surface area contributed by atoms with Crippen LogP contribution in [0.1, 0.15) is 33.6 Å². The lowest BCUT2D eigenvalue weighted by Crippen LogP contribution is -2.13. The molecule has 0 saturated heterocycles. The number of benzene rings is 2. The molecule has 1 amide bonds. The molecule has 0 bridgehead atoms. The SMILES string of the molecule is COc1ccc(C(=O)CCC(=O)Nc2ccc(C(=O)O)c(O)c2)cc1. The van der Waals surface area contributed by atoms with Crippen LogP contribution in [-0.2, 0) is 4.79 Å². The van der Waals surface area contributed by atoms with E-state index in [1.165, 1.54) is 19.2 Å². The van der Waals surface area contributed by atoms with E-state index in [1.807, 2.05) is 0 Å². The van der Waals surface area contributed by atoms with Crippen molar-refractivity contribution in [1.29, 1.82) is 0 Å². The number of amides is 1. The Hall–Kier alpha value is -3.35. The summed E-state index contributed by atoms with van der Waals surface area (Å²) in [5, 5.41) is 20.9. The van der Waals surface area contributed by atoms with Gasteiger partial charge in [0, 0.05) is 30.2 Å². The number of Topliss-reactive ketones (excluding diaryl/α,β-unsaturated/α-hetero) is 1. The standard InChI is InChI=1S/C18H17NO6/c1-25-13-5-2-11(3-6-13)15(20)8-9-17(22)19-12-4-7-14(18(23)24)16(21)10-12/h2-7,10,21H,8-9H2,1H3,(H,19,22)(H,23,24). The summed E-state index contributed by atoms with van der Waals surface area (Å²) in [6, 6.07) is 10.3. The van der Waals surface area contributed by atoms with Gasteiger partial charge in [0.15, 0.2) is 5.78 Å². The van der Waals surface area contributed by atoms with Gasteiger partial charge in [-0.3, -0.25) is 9.59 Å². The highest BCUT2D eigenvalue weighted by Crippen LogP contribution is 2.22. The van der Waals surface area contributed by atoms with Gasteiger partial charge >= 0.3 is 5.97 Å². The molecule has 2 aromatic rings. The van der Waals surface area contributed by atoms with Crippen LogP contribution < -0.4 is 10.1 Å². The van der Waals surface area contributed by atoms with Gasteiger partial charge in [0.05, 0.1) is 7.11 Å². The molecule has 0 aromatic heterocycles. The van der Waals surface area contributed by atoms with Crippen molar-refractivity contribution < 1.29 is 29.3 Å². The second-order valence-corrected chi connectivity index (χ2v) is 5.24. The third-order valence-corrected chi connectivity index (χ3v) is 3.50. The zero-order chi connectivity index (χ0) is 18.4. The number of phenols is 1. The van der Waals surface area contributed by atoms with Gasteiger partial charge in [0.25, 0.3) is 0 Å². The normalized spacial score (nSPS) is 10.1. The highest BCUT2D eigenvalue weighted by Gasteiger charge is 2.12. The minimum atomic E-state index is -1.26. The lowest BCUT2D eigenvalue weighted by atomic mass is 10.1. The first-order valence-corrected chi connectivity index (χ1v) is 7.44. The molecule has 3 N–H and O–H groups in total. The summed E-state index contributed by atoms with van der Waals surface area (Å²) in [6.45, 7) is 0. The summed E-state index contributed by atoms with van der Waals surface area (Å²) >= 11 is 0. The second kappa shape index (κ2) is 7.96. The van der Waals surface area contributed by atoms with Gasteiger partial charge in [-0.05, 0) is 36.4 Å². The van der Waals surface area contributed by atoms with E-state index in [-0.39, 0.29) is 29.9 Å². The van der Waals surface area contributed by atoms with Crippen molar-refractivity contribution in [3.63, 3.8) is 0 Å². The molecule has 0 atom stereocenters. The van der Waals surface area contributed by atoms with Crippen LogP contribution >= 0.6 is 0 Å². The Morgan fingerprint density at radius 1 is 1.04 bits per heavy atom. The van der Waals surface area contributed by atoms with Crippen molar-refractivity contribution in [2.45, 2.75) is 12.8 Å². The first-order chi connectivity index (χ1) is 11.9. The zero-order valence-corrected chi connectivity index (χ0v) is 13.5. The van der Waals surface area contributed by atoms with Crippen molar-refractivity contribution in [3.05, 3.63) is 53.6 Å². The third kappa shape index (κ3) is 4.81. The van der Waals surface area contributed by atoms with Gasteiger partial charge in [0.1, 0.15) is 17.1 Å². The maximum atomic E-state index is 12.0. The summed E-state index contributed by atoms with van der Waals surface area (Å²) < 4.78 is 5.01. The molecule has 7 heteroatoms. The quantitative estimate of drug-likeness (QED) is 0.666. The van der Waals surface area contributed by atoms with Crippen molar-refractivity contribution >= 4 is 23.3 Å². The fourth-order valence-electron chi connectivity index (χ4n) is 2.16. The number of carboxylic acid groups (broad SMARTS) is 1.